The summed E-state index contributed by atoms with van der Waals surface area (Å²) in [5.41, 5.74) is 11.9. The van der Waals surface area contributed by atoms with Crippen molar-refractivity contribution in [1.82, 2.24) is 0 Å². The molecule has 12 aromatic rings. The number of hydrogen-bond acceptors (Lipinski definition) is 3. The molecule has 2 heterocycles. The van der Waals surface area contributed by atoms with E-state index in [4.69, 9.17) is 4.42 Å². The van der Waals surface area contributed by atoms with E-state index in [1.807, 2.05) is 11.3 Å². The number of benzene rings is 10. The van der Waals surface area contributed by atoms with E-state index in [1.165, 1.54) is 52.8 Å². The Labute approximate surface area is 345 Å². The molecule has 0 saturated heterocycles. The van der Waals surface area contributed by atoms with Crippen LogP contribution >= 0.6 is 11.3 Å². The van der Waals surface area contributed by atoms with Gasteiger partial charge in [0.25, 0.3) is 0 Å². The van der Waals surface area contributed by atoms with Crippen molar-refractivity contribution in [2.75, 3.05) is 4.90 Å². The smallest absolute Gasteiger partial charge is 0.145 e. The Morgan fingerprint density at radius 1 is 0.356 bits per heavy atom. The topological polar surface area (TPSA) is 16.4 Å². The van der Waals surface area contributed by atoms with Crippen molar-refractivity contribution in [3.8, 4) is 33.4 Å². The van der Waals surface area contributed by atoms with Gasteiger partial charge >= 0.3 is 0 Å². The van der Waals surface area contributed by atoms with Gasteiger partial charge in [0.05, 0.1) is 16.8 Å². The number of thiophene rings is 1. The van der Waals surface area contributed by atoms with Crippen LogP contribution in [0, 0.1) is 0 Å². The maximum atomic E-state index is 7.02. The van der Waals surface area contributed by atoms with Gasteiger partial charge in [-0.2, -0.15) is 0 Å². The van der Waals surface area contributed by atoms with Crippen LogP contribution in [0.15, 0.2) is 217 Å². The van der Waals surface area contributed by atoms with E-state index in [9.17, 15) is 0 Å². The molecule has 0 fully saturated rings. The lowest BCUT2D eigenvalue weighted by Gasteiger charge is -2.28. The van der Waals surface area contributed by atoms with Crippen LogP contribution in [0.2, 0.25) is 0 Å². The van der Waals surface area contributed by atoms with Crippen LogP contribution in [-0.2, 0) is 0 Å². The van der Waals surface area contributed by atoms with Crippen molar-refractivity contribution in [3.63, 3.8) is 0 Å². The fourth-order valence-corrected chi connectivity index (χ4v) is 10.2. The Kier molecular flexibility index (Phi) is 7.75. The van der Waals surface area contributed by atoms with Crippen molar-refractivity contribution in [2.45, 2.75) is 0 Å². The molecular weight excluding hydrogens is 735 g/mol. The Balaban J connectivity index is 1.09. The summed E-state index contributed by atoms with van der Waals surface area (Å²) < 4.78 is 9.56. The summed E-state index contributed by atoms with van der Waals surface area (Å²) in [5, 5.41) is 9.74. The second kappa shape index (κ2) is 13.6. The molecule has 0 aliphatic carbocycles. The average Bonchev–Trinajstić information content (AvgIpc) is 3.89. The molecule has 0 spiro atoms. The van der Waals surface area contributed by atoms with E-state index in [0.29, 0.717) is 0 Å². The lowest BCUT2D eigenvalue weighted by Crippen LogP contribution is -2.11. The van der Waals surface area contributed by atoms with Gasteiger partial charge in [0.15, 0.2) is 0 Å². The van der Waals surface area contributed by atoms with Crippen LogP contribution in [-0.4, -0.2) is 0 Å². The molecule has 12 rings (SSSR count). The molecule has 0 unspecified atom stereocenters. The predicted molar refractivity (Wildman–Crippen MR) is 253 cm³/mol. The maximum Gasteiger partial charge on any atom is 0.145 e. The fourth-order valence-electron chi connectivity index (χ4n) is 9.05. The van der Waals surface area contributed by atoms with Crippen molar-refractivity contribution in [1.29, 1.82) is 0 Å². The molecular formula is C56H35NOS. The molecule has 0 saturated carbocycles. The monoisotopic (exact) mass is 769 g/mol. The predicted octanol–water partition coefficient (Wildman–Crippen LogP) is 16.7. The summed E-state index contributed by atoms with van der Waals surface area (Å²) in [4.78, 5) is 2.45. The molecule has 276 valence electrons. The van der Waals surface area contributed by atoms with E-state index < -0.39 is 0 Å². The molecule has 3 heteroatoms. The van der Waals surface area contributed by atoms with Gasteiger partial charge in [-0.05, 0) is 110 Å². The minimum absolute atomic E-state index is 0.865. The Morgan fingerprint density at radius 3 is 1.80 bits per heavy atom. The lowest BCUT2D eigenvalue weighted by atomic mass is 9.97. The molecule has 0 atom stereocenters. The van der Waals surface area contributed by atoms with Gasteiger partial charge in [-0.3, -0.25) is 0 Å². The highest BCUT2D eigenvalue weighted by Gasteiger charge is 2.25. The first-order valence-corrected chi connectivity index (χ1v) is 20.9. The third-order valence-corrected chi connectivity index (χ3v) is 13.0. The summed E-state index contributed by atoms with van der Waals surface area (Å²) in [5.74, 6) is 0. The second-order valence-electron chi connectivity index (χ2n) is 15.2. The summed E-state index contributed by atoms with van der Waals surface area (Å²) >= 11 is 1.85. The van der Waals surface area contributed by atoms with Gasteiger partial charge in [-0.1, -0.05) is 152 Å². The number of nitrogens with zero attached hydrogens (tertiary/aromatic N) is 1. The average molecular weight is 770 g/mol. The number of hydrogen-bond donors (Lipinski definition) is 0. The summed E-state index contributed by atoms with van der Waals surface area (Å²) in [6, 6.07) is 76.9. The quantitative estimate of drug-likeness (QED) is 0.157. The van der Waals surface area contributed by atoms with Crippen LogP contribution in [0.25, 0.3) is 97.0 Å². The summed E-state index contributed by atoms with van der Waals surface area (Å²) in [6.45, 7) is 0. The van der Waals surface area contributed by atoms with Gasteiger partial charge in [0.1, 0.15) is 11.2 Å². The Morgan fingerprint density at radius 2 is 0.966 bits per heavy atom. The zero-order valence-corrected chi connectivity index (χ0v) is 32.8. The largest absolute Gasteiger partial charge is 0.455 e. The standard InChI is InChI=1S/C56H35NOS/c1-3-12-36(13-4-1)41-27-31-47-51(35-41)58-56-46(38-14-5-2-6-15-38)32-33-50(55(47)56)57(49-19-11-21-53-54(49)48-18-9-10-20-52(48)59-53)43-28-24-37(25-29-43)40-26-30-45-42(34-40)23-22-39-16-7-8-17-44(39)45/h1-35H. The zero-order valence-electron chi connectivity index (χ0n) is 32.0. The molecule has 2 nitrogen and oxygen atoms in total. The number of fused-ring (bicyclic) bond motifs is 9. The van der Waals surface area contributed by atoms with Gasteiger partial charge in [-0.15, -0.1) is 11.3 Å². The van der Waals surface area contributed by atoms with Crippen molar-refractivity contribution < 1.29 is 4.42 Å². The number of furan rings is 1. The molecule has 10 aromatic carbocycles. The molecule has 0 radical (unpaired) electrons. The van der Waals surface area contributed by atoms with Crippen molar-refractivity contribution >= 4 is 92.1 Å². The highest BCUT2D eigenvalue weighted by Crippen LogP contribution is 2.50. The first-order chi connectivity index (χ1) is 29.2. The minimum atomic E-state index is 0.865. The summed E-state index contributed by atoms with van der Waals surface area (Å²) in [6.07, 6.45) is 0. The van der Waals surface area contributed by atoms with Crippen LogP contribution in [0.3, 0.4) is 0 Å². The zero-order chi connectivity index (χ0) is 38.9. The summed E-state index contributed by atoms with van der Waals surface area (Å²) in [7, 11) is 0. The van der Waals surface area contributed by atoms with Gasteiger partial charge in [0, 0.05) is 36.8 Å². The first kappa shape index (κ1) is 33.7. The Bertz CT molecular complexity index is 3550. The number of rotatable bonds is 6. The van der Waals surface area contributed by atoms with Crippen LogP contribution < -0.4 is 4.90 Å². The third kappa shape index (κ3) is 5.55. The van der Waals surface area contributed by atoms with E-state index in [-0.39, 0.29) is 0 Å². The van der Waals surface area contributed by atoms with Gasteiger partial charge < -0.3 is 9.32 Å². The fraction of sp³-hybridized carbons (Fsp3) is 0. The molecule has 59 heavy (non-hydrogen) atoms. The number of anilines is 3. The van der Waals surface area contributed by atoms with E-state index in [1.54, 1.807) is 0 Å². The maximum absolute atomic E-state index is 7.02. The van der Waals surface area contributed by atoms with E-state index in [2.05, 4.69) is 217 Å². The van der Waals surface area contributed by atoms with Gasteiger partial charge in [0.2, 0.25) is 0 Å². The molecule has 2 aromatic heterocycles. The highest BCUT2D eigenvalue weighted by molar-refractivity contribution is 7.26. The van der Waals surface area contributed by atoms with Gasteiger partial charge in [-0.25, -0.2) is 0 Å². The van der Waals surface area contributed by atoms with E-state index in [0.717, 1.165) is 61.3 Å². The van der Waals surface area contributed by atoms with Crippen molar-refractivity contribution in [3.05, 3.63) is 212 Å². The highest BCUT2D eigenvalue weighted by atomic mass is 32.1. The lowest BCUT2D eigenvalue weighted by molar-refractivity contribution is 0.670. The first-order valence-electron chi connectivity index (χ1n) is 20.1. The normalized spacial score (nSPS) is 11.7. The SMILES string of the molecule is c1ccc(-c2ccc3c(c2)oc2c(-c4ccccc4)ccc(N(c4ccc(-c5ccc6c(ccc7ccccc76)c5)cc4)c4cccc5sc6ccccc6c45)c23)cc1. The van der Waals surface area contributed by atoms with Crippen LogP contribution in [0.4, 0.5) is 17.1 Å². The molecule has 0 N–H and O–H groups in total. The third-order valence-electron chi connectivity index (χ3n) is 11.9. The van der Waals surface area contributed by atoms with Crippen molar-refractivity contribution in [2.24, 2.45) is 0 Å². The Hall–Kier alpha value is -7.46. The molecule has 0 amide bonds. The van der Waals surface area contributed by atoms with Crippen LogP contribution in [0.1, 0.15) is 0 Å². The molecule has 0 aliphatic rings. The minimum Gasteiger partial charge on any atom is -0.455 e. The van der Waals surface area contributed by atoms with E-state index >= 15 is 0 Å². The molecule has 0 bridgehead atoms. The second-order valence-corrected chi connectivity index (χ2v) is 16.3. The molecule has 0 aliphatic heterocycles. The van der Waals surface area contributed by atoms with Crippen LogP contribution in [0.5, 0.6) is 0 Å².